The van der Waals surface area contributed by atoms with E-state index in [1.807, 2.05) is 13.0 Å². The summed E-state index contributed by atoms with van der Waals surface area (Å²) in [6, 6.07) is 7.04. The molecule has 0 saturated heterocycles. The normalized spacial score (nSPS) is 15.7. The molecule has 0 radical (unpaired) electrons. The van der Waals surface area contributed by atoms with E-state index in [9.17, 15) is 14.4 Å². The predicted molar refractivity (Wildman–Crippen MR) is 100.0 cm³/mol. The first-order valence-corrected chi connectivity index (χ1v) is 8.69. The molecule has 8 nitrogen and oxygen atoms in total. The van der Waals surface area contributed by atoms with Gasteiger partial charge in [0.05, 0.1) is 13.0 Å². The van der Waals surface area contributed by atoms with Crippen LogP contribution >= 0.6 is 0 Å². The number of nitrogens with zero attached hydrogens (tertiary/aromatic N) is 2. The lowest BCUT2D eigenvalue weighted by atomic mass is 9.89. The fourth-order valence-corrected chi connectivity index (χ4v) is 3.26. The second kappa shape index (κ2) is 7.61. The Balaban J connectivity index is 1.72. The van der Waals surface area contributed by atoms with Crippen LogP contribution in [0.1, 0.15) is 29.3 Å². The van der Waals surface area contributed by atoms with Crippen LogP contribution in [-0.2, 0) is 16.1 Å². The molecule has 1 aliphatic heterocycles. The smallest absolute Gasteiger partial charge is 0.348 e. The minimum atomic E-state index is -0.599. The van der Waals surface area contributed by atoms with Crippen molar-refractivity contribution in [1.82, 2.24) is 14.9 Å². The molecule has 0 aliphatic carbocycles. The van der Waals surface area contributed by atoms with Crippen molar-refractivity contribution in [3.63, 3.8) is 0 Å². The fraction of sp³-hybridized carbons (Fsp3) is 0.368. The Bertz CT molecular complexity index is 951. The van der Waals surface area contributed by atoms with Gasteiger partial charge in [0.15, 0.2) is 0 Å². The minimum Gasteiger partial charge on any atom is -0.497 e. The molecule has 1 atom stereocenters. The van der Waals surface area contributed by atoms with E-state index >= 15 is 0 Å². The lowest BCUT2D eigenvalue weighted by Gasteiger charge is -2.25. The average molecular weight is 370 g/mol. The highest BCUT2D eigenvalue weighted by atomic mass is 16.5. The Morgan fingerprint density at radius 3 is 2.81 bits per heavy atom. The first-order valence-electron chi connectivity index (χ1n) is 8.69. The molecule has 2 amide bonds. The number of anilines is 1. The Kier molecular flexibility index (Phi) is 5.25. The van der Waals surface area contributed by atoms with Gasteiger partial charge < -0.3 is 15.4 Å². The highest BCUT2D eigenvalue weighted by Crippen LogP contribution is 2.34. The van der Waals surface area contributed by atoms with E-state index in [2.05, 4.69) is 15.6 Å². The molecule has 3 rings (SSSR count). The van der Waals surface area contributed by atoms with E-state index in [0.29, 0.717) is 23.7 Å². The third-order valence-electron chi connectivity index (χ3n) is 4.60. The van der Waals surface area contributed by atoms with Gasteiger partial charge >= 0.3 is 5.69 Å². The summed E-state index contributed by atoms with van der Waals surface area (Å²) in [6.07, 6.45) is 0.0665. The van der Waals surface area contributed by atoms with E-state index < -0.39 is 5.92 Å². The van der Waals surface area contributed by atoms with E-state index in [1.165, 1.54) is 4.57 Å². The second-order valence-electron chi connectivity index (χ2n) is 6.52. The molecular weight excluding hydrogens is 348 g/mol. The van der Waals surface area contributed by atoms with Gasteiger partial charge in [-0.15, -0.1) is 0 Å². The SMILES string of the molecule is COc1ccc2c(c1)C(C(=O)NCCn1c(C)cc(C)nc1=O)CC(=O)N2. The zero-order valence-corrected chi connectivity index (χ0v) is 15.5. The number of rotatable bonds is 5. The number of amides is 2. The van der Waals surface area contributed by atoms with Crippen LogP contribution in [0.2, 0.25) is 0 Å². The molecule has 1 aliphatic rings. The molecule has 1 aromatic heterocycles. The number of aryl methyl sites for hydroxylation is 2. The molecule has 1 unspecified atom stereocenters. The third kappa shape index (κ3) is 3.99. The number of hydrogen-bond donors (Lipinski definition) is 2. The summed E-state index contributed by atoms with van der Waals surface area (Å²) in [5.74, 6) is -0.443. The number of nitrogens with one attached hydrogen (secondary N) is 2. The number of benzene rings is 1. The van der Waals surface area contributed by atoms with Gasteiger partial charge in [0.25, 0.3) is 0 Å². The van der Waals surface area contributed by atoms with Crippen LogP contribution in [0.5, 0.6) is 5.75 Å². The topological polar surface area (TPSA) is 102 Å². The summed E-state index contributed by atoms with van der Waals surface area (Å²) < 4.78 is 6.73. The zero-order valence-electron chi connectivity index (χ0n) is 15.5. The van der Waals surface area contributed by atoms with Crippen molar-refractivity contribution < 1.29 is 14.3 Å². The lowest BCUT2D eigenvalue weighted by molar-refractivity contribution is -0.126. The molecule has 142 valence electrons. The van der Waals surface area contributed by atoms with Gasteiger partial charge in [0, 0.05) is 36.6 Å². The molecule has 8 heteroatoms. The minimum absolute atomic E-state index is 0.0665. The van der Waals surface area contributed by atoms with Crippen LogP contribution in [0, 0.1) is 13.8 Å². The van der Waals surface area contributed by atoms with Crippen molar-refractivity contribution >= 4 is 17.5 Å². The Labute approximate surface area is 156 Å². The molecule has 0 bridgehead atoms. The Morgan fingerprint density at radius 1 is 1.33 bits per heavy atom. The first kappa shape index (κ1) is 18.6. The number of methoxy groups -OCH3 is 1. The fourth-order valence-electron chi connectivity index (χ4n) is 3.26. The highest BCUT2D eigenvalue weighted by molar-refractivity contribution is 6.01. The Morgan fingerprint density at radius 2 is 2.11 bits per heavy atom. The van der Waals surface area contributed by atoms with Gasteiger partial charge in [-0.1, -0.05) is 0 Å². The highest BCUT2D eigenvalue weighted by Gasteiger charge is 2.30. The second-order valence-corrected chi connectivity index (χ2v) is 6.52. The van der Waals surface area contributed by atoms with Crippen molar-refractivity contribution in [3.05, 3.63) is 51.7 Å². The number of carbonyl (C=O) groups excluding carboxylic acids is 2. The molecule has 0 fully saturated rings. The number of carbonyl (C=O) groups is 2. The lowest BCUT2D eigenvalue weighted by Crippen LogP contribution is -2.38. The molecular formula is C19H22N4O4. The van der Waals surface area contributed by atoms with Crippen molar-refractivity contribution in [2.45, 2.75) is 32.7 Å². The van der Waals surface area contributed by atoms with Crippen molar-refractivity contribution in [1.29, 1.82) is 0 Å². The van der Waals surface area contributed by atoms with Gasteiger partial charge in [0.1, 0.15) is 5.75 Å². The van der Waals surface area contributed by atoms with Crippen LogP contribution in [0.3, 0.4) is 0 Å². The van der Waals surface area contributed by atoms with Crippen LogP contribution in [0.4, 0.5) is 5.69 Å². The molecule has 0 saturated carbocycles. The first-order chi connectivity index (χ1) is 12.9. The maximum atomic E-state index is 12.7. The van der Waals surface area contributed by atoms with Crippen molar-refractivity contribution in [3.8, 4) is 5.75 Å². The van der Waals surface area contributed by atoms with Gasteiger partial charge in [-0.25, -0.2) is 4.79 Å². The molecule has 2 heterocycles. The molecule has 27 heavy (non-hydrogen) atoms. The maximum Gasteiger partial charge on any atom is 0.348 e. The zero-order chi connectivity index (χ0) is 19.6. The number of ether oxygens (including phenoxy) is 1. The molecule has 1 aromatic carbocycles. The summed E-state index contributed by atoms with van der Waals surface area (Å²) in [6.45, 7) is 4.17. The number of hydrogen-bond acceptors (Lipinski definition) is 5. The predicted octanol–water partition coefficient (Wildman–Crippen LogP) is 1.11. The summed E-state index contributed by atoms with van der Waals surface area (Å²) in [7, 11) is 1.55. The van der Waals surface area contributed by atoms with E-state index in [1.54, 1.807) is 32.2 Å². The van der Waals surface area contributed by atoms with Crippen molar-refractivity contribution in [2.75, 3.05) is 19.0 Å². The largest absolute Gasteiger partial charge is 0.497 e. The molecule has 2 N–H and O–H groups in total. The number of aromatic nitrogens is 2. The monoisotopic (exact) mass is 370 g/mol. The summed E-state index contributed by atoms with van der Waals surface area (Å²) in [4.78, 5) is 40.5. The van der Waals surface area contributed by atoms with Crippen LogP contribution in [0.25, 0.3) is 0 Å². The van der Waals surface area contributed by atoms with E-state index in [4.69, 9.17) is 4.74 Å². The summed E-state index contributed by atoms with van der Waals surface area (Å²) >= 11 is 0. The van der Waals surface area contributed by atoms with Gasteiger partial charge in [-0.05, 0) is 43.7 Å². The summed E-state index contributed by atoms with van der Waals surface area (Å²) in [5, 5.41) is 5.59. The van der Waals surface area contributed by atoms with Crippen LogP contribution < -0.4 is 21.1 Å². The standard InChI is InChI=1S/C19H22N4O4/c1-11-8-12(2)23(19(26)21-11)7-6-20-18(25)15-10-17(24)22-16-5-4-13(27-3)9-14(15)16/h4-5,8-9,15H,6-7,10H2,1-3H3,(H,20,25)(H,22,24). The average Bonchev–Trinajstić information content (AvgIpc) is 2.62. The summed E-state index contributed by atoms with van der Waals surface area (Å²) in [5.41, 5.74) is 2.44. The van der Waals surface area contributed by atoms with Gasteiger partial charge in [-0.2, -0.15) is 4.98 Å². The van der Waals surface area contributed by atoms with Crippen molar-refractivity contribution in [2.24, 2.45) is 0 Å². The van der Waals surface area contributed by atoms with Gasteiger partial charge in [-0.3, -0.25) is 14.2 Å². The van der Waals surface area contributed by atoms with Crippen LogP contribution in [0.15, 0.2) is 29.1 Å². The Hall–Kier alpha value is -3.16. The quantitative estimate of drug-likeness (QED) is 0.821. The van der Waals surface area contributed by atoms with Crippen LogP contribution in [-0.4, -0.2) is 35.0 Å². The van der Waals surface area contributed by atoms with E-state index in [-0.39, 0.29) is 30.5 Å². The van der Waals surface area contributed by atoms with E-state index in [0.717, 1.165) is 11.3 Å². The third-order valence-corrected chi connectivity index (χ3v) is 4.60. The number of fused-ring (bicyclic) bond motifs is 1. The molecule has 2 aromatic rings. The molecule has 0 spiro atoms. The van der Waals surface area contributed by atoms with Gasteiger partial charge in [0.2, 0.25) is 11.8 Å². The maximum absolute atomic E-state index is 12.7.